The van der Waals surface area contributed by atoms with Crippen molar-refractivity contribution in [3.8, 4) is 5.75 Å². The lowest BCUT2D eigenvalue weighted by Crippen LogP contribution is -2.02. The third-order valence-corrected chi connectivity index (χ3v) is 3.48. The molecule has 0 aliphatic heterocycles. The number of aromatic carboxylic acids is 1. The molecule has 2 rings (SSSR count). The van der Waals surface area contributed by atoms with E-state index < -0.39 is 5.97 Å². The van der Waals surface area contributed by atoms with Crippen LogP contribution >= 0.6 is 15.9 Å². The van der Waals surface area contributed by atoms with Crippen molar-refractivity contribution in [3.63, 3.8) is 0 Å². The Morgan fingerprint density at radius 1 is 1.30 bits per heavy atom. The monoisotopic (exact) mass is 335 g/mol. The molecule has 0 amide bonds. The van der Waals surface area contributed by atoms with Crippen LogP contribution in [0.3, 0.4) is 0 Å². The molecular formula is C15H14BrNO3. The predicted molar refractivity (Wildman–Crippen MR) is 81.4 cm³/mol. The van der Waals surface area contributed by atoms with Gasteiger partial charge in [0.2, 0.25) is 0 Å². The topological polar surface area (TPSA) is 58.6 Å². The van der Waals surface area contributed by atoms with Gasteiger partial charge < -0.3 is 15.2 Å². The molecule has 0 bridgehead atoms. The highest BCUT2D eigenvalue weighted by molar-refractivity contribution is 9.10. The Balaban J connectivity index is 2.08. The van der Waals surface area contributed by atoms with Crippen molar-refractivity contribution in [1.82, 2.24) is 0 Å². The van der Waals surface area contributed by atoms with Crippen molar-refractivity contribution in [2.45, 2.75) is 6.54 Å². The number of rotatable bonds is 5. The third kappa shape index (κ3) is 3.51. The molecule has 5 heteroatoms. The van der Waals surface area contributed by atoms with Crippen LogP contribution < -0.4 is 10.1 Å². The van der Waals surface area contributed by atoms with Crippen LogP contribution in [0.15, 0.2) is 46.9 Å². The lowest BCUT2D eigenvalue weighted by atomic mass is 10.1. The van der Waals surface area contributed by atoms with E-state index in [9.17, 15) is 4.79 Å². The van der Waals surface area contributed by atoms with Crippen LogP contribution in [-0.2, 0) is 6.54 Å². The molecule has 2 aromatic rings. The first-order valence-corrected chi connectivity index (χ1v) is 6.79. The molecule has 0 saturated heterocycles. The number of benzene rings is 2. The number of anilines is 1. The summed E-state index contributed by atoms with van der Waals surface area (Å²) in [5.41, 5.74) is 2.11. The quantitative estimate of drug-likeness (QED) is 0.873. The van der Waals surface area contributed by atoms with Crippen LogP contribution in [0.25, 0.3) is 0 Å². The average molecular weight is 336 g/mol. The molecule has 20 heavy (non-hydrogen) atoms. The molecule has 2 aromatic carbocycles. The lowest BCUT2D eigenvalue weighted by molar-refractivity contribution is 0.0697. The van der Waals surface area contributed by atoms with Crippen molar-refractivity contribution in [2.24, 2.45) is 0 Å². The second-order valence-corrected chi connectivity index (χ2v) is 5.06. The van der Waals surface area contributed by atoms with Crippen LogP contribution in [0, 0.1) is 0 Å². The van der Waals surface area contributed by atoms with Crippen molar-refractivity contribution >= 4 is 27.6 Å². The predicted octanol–water partition coefficient (Wildman–Crippen LogP) is 3.77. The zero-order valence-electron chi connectivity index (χ0n) is 10.9. The molecule has 2 N–H and O–H groups in total. The fraction of sp³-hybridized carbons (Fsp3) is 0.133. The summed E-state index contributed by atoms with van der Waals surface area (Å²) in [6.45, 7) is 0.548. The third-order valence-electron chi connectivity index (χ3n) is 2.82. The van der Waals surface area contributed by atoms with Gasteiger partial charge in [0, 0.05) is 18.3 Å². The standard InChI is InChI=1S/C15H14BrNO3/c1-20-14-8-12(5-6-13(14)16)17-9-10-3-2-4-11(7-10)15(18)19/h2-8,17H,9H2,1H3,(H,18,19). The van der Waals surface area contributed by atoms with Crippen molar-refractivity contribution in [2.75, 3.05) is 12.4 Å². The molecule has 0 aliphatic carbocycles. The van der Waals surface area contributed by atoms with Gasteiger partial charge in [0.15, 0.2) is 0 Å². The highest BCUT2D eigenvalue weighted by Gasteiger charge is 2.04. The van der Waals surface area contributed by atoms with E-state index in [1.54, 1.807) is 25.3 Å². The van der Waals surface area contributed by atoms with Crippen molar-refractivity contribution < 1.29 is 14.6 Å². The molecule has 104 valence electrons. The summed E-state index contributed by atoms with van der Waals surface area (Å²) in [6, 6.07) is 12.6. The number of ether oxygens (including phenoxy) is 1. The maximum atomic E-state index is 10.9. The molecule has 0 heterocycles. The molecular weight excluding hydrogens is 322 g/mol. The van der Waals surface area contributed by atoms with Crippen molar-refractivity contribution in [1.29, 1.82) is 0 Å². The smallest absolute Gasteiger partial charge is 0.335 e. The number of carboxylic acid groups (broad SMARTS) is 1. The van der Waals surface area contributed by atoms with E-state index >= 15 is 0 Å². The highest BCUT2D eigenvalue weighted by atomic mass is 79.9. The van der Waals surface area contributed by atoms with E-state index in [1.165, 1.54) is 0 Å². The van der Waals surface area contributed by atoms with E-state index in [0.717, 1.165) is 21.5 Å². The minimum absolute atomic E-state index is 0.290. The van der Waals surface area contributed by atoms with Gasteiger partial charge in [0.05, 0.1) is 17.1 Å². The SMILES string of the molecule is COc1cc(NCc2cccc(C(=O)O)c2)ccc1Br. The van der Waals surface area contributed by atoms with Gasteiger partial charge in [-0.3, -0.25) is 0 Å². The Hall–Kier alpha value is -2.01. The number of nitrogens with one attached hydrogen (secondary N) is 1. The first-order valence-electron chi connectivity index (χ1n) is 6.00. The summed E-state index contributed by atoms with van der Waals surface area (Å²) in [5.74, 6) is -0.175. The summed E-state index contributed by atoms with van der Waals surface area (Å²) in [7, 11) is 1.61. The molecule has 0 atom stereocenters. The van der Waals surface area contributed by atoms with E-state index in [1.807, 2.05) is 24.3 Å². The molecule has 0 fully saturated rings. The summed E-state index contributed by atoms with van der Waals surface area (Å²) >= 11 is 3.39. The highest BCUT2D eigenvalue weighted by Crippen LogP contribution is 2.28. The number of hydrogen-bond donors (Lipinski definition) is 2. The Labute approximate surface area is 125 Å². The Kier molecular flexibility index (Phi) is 4.63. The van der Waals surface area contributed by atoms with E-state index in [2.05, 4.69) is 21.2 Å². The second-order valence-electron chi connectivity index (χ2n) is 4.21. The number of carbonyl (C=O) groups is 1. The van der Waals surface area contributed by atoms with Gasteiger partial charge >= 0.3 is 5.97 Å². The Morgan fingerprint density at radius 2 is 2.10 bits per heavy atom. The second kappa shape index (κ2) is 6.43. The first kappa shape index (κ1) is 14.4. The van der Waals surface area contributed by atoms with Gasteiger partial charge in [0.25, 0.3) is 0 Å². The van der Waals surface area contributed by atoms with Crippen LogP contribution in [-0.4, -0.2) is 18.2 Å². The van der Waals surface area contributed by atoms with E-state index in [0.29, 0.717) is 6.54 Å². The van der Waals surface area contributed by atoms with Gasteiger partial charge in [-0.15, -0.1) is 0 Å². The minimum atomic E-state index is -0.919. The largest absolute Gasteiger partial charge is 0.495 e. The molecule has 0 spiro atoms. The Bertz CT molecular complexity index is 628. The zero-order valence-corrected chi connectivity index (χ0v) is 12.5. The average Bonchev–Trinajstić information content (AvgIpc) is 2.46. The number of methoxy groups -OCH3 is 1. The van der Waals surface area contributed by atoms with E-state index in [4.69, 9.17) is 9.84 Å². The van der Waals surface area contributed by atoms with Crippen LogP contribution in [0.1, 0.15) is 15.9 Å². The summed E-state index contributed by atoms with van der Waals surface area (Å²) < 4.78 is 6.11. The van der Waals surface area contributed by atoms with Crippen LogP contribution in [0.5, 0.6) is 5.75 Å². The fourth-order valence-electron chi connectivity index (χ4n) is 1.79. The number of halogens is 1. The normalized spacial score (nSPS) is 10.1. The maximum Gasteiger partial charge on any atom is 0.335 e. The number of hydrogen-bond acceptors (Lipinski definition) is 3. The summed E-state index contributed by atoms with van der Waals surface area (Å²) in [5, 5.41) is 12.2. The van der Waals surface area contributed by atoms with Gasteiger partial charge in [-0.25, -0.2) is 4.79 Å². The van der Waals surface area contributed by atoms with Gasteiger partial charge in [-0.2, -0.15) is 0 Å². The molecule has 0 aromatic heterocycles. The minimum Gasteiger partial charge on any atom is -0.495 e. The van der Waals surface area contributed by atoms with Gasteiger partial charge in [-0.1, -0.05) is 12.1 Å². The van der Waals surface area contributed by atoms with Crippen LogP contribution in [0.4, 0.5) is 5.69 Å². The molecule has 0 unspecified atom stereocenters. The summed E-state index contributed by atoms with van der Waals surface area (Å²) in [4.78, 5) is 10.9. The summed E-state index contributed by atoms with van der Waals surface area (Å²) in [6.07, 6.45) is 0. The van der Waals surface area contributed by atoms with E-state index in [-0.39, 0.29) is 5.56 Å². The zero-order chi connectivity index (χ0) is 14.5. The number of carboxylic acids is 1. The van der Waals surface area contributed by atoms with Crippen LogP contribution in [0.2, 0.25) is 0 Å². The first-order chi connectivity index (χ1) is 9.60. The van der Waals surface area contributed by atoms with Crippen molar-refractivity contribution in [3.05, 3.63) is 58.1 Å². The lowest BCUT2D eigenvalue weighted by Gasteiger charge is -2.10. The molecule has 0 saturated carbocycles. The Morgan fingerprint density at radius 3 is 2.80 bits per heavy atom. The maximum absolute atomic E-state index is 10.9. The molecule has 0 aliphatic rings. The van der Waals surface area contributed by atoms with Gasteiger partial charge in [-0.05, 0) is 45.8 Å². The molecule has 4 nitrogen and oxygen atoms in total. The molecule has 0 radical (unpaired) electrons. The van der Waals surface area contributed by atoms with Gasteiger partial charge in [0.1, 0.15) is 5.75 Å². The fourth-order valence-corrected chi connectivity index (χ4v) is 2.20.